The first-order valence-electron chi connectivity index (χ1n) is 7.36. The van der Waals surface area contributed by atoms with Crippen LogP contribution in [-0.4, -0.2) is 35.8 Å². The summed E-state index contributed by atoms with van der Waals surface area (Å²) in [5.74, 6) is 0.242. The summed E-state index contributed by atoms with van der Waals surface area (Å²) in [6.07, 6.45) is 0.487. The minimum absolute atomic E-state index is 0.100. The van der Waals surface area contributed by atoms with Gasteiger partial charge in [-0.1, -0.05) is 11.6 Å². The molecule has 0 aliphatic heterocycles. The zero-order valence-corrected chi connectivity index (χ0v) is 15.3. The zero-order chi connectivity index (χ0) is 18.2. The van der Waals surface area contributed by atoms with Crippen LogP contribution in [-0.2, 0) is 14.3 Å². The molecule has 0 unspecified atom stereocenters. The van der Waals surface area contributed by atoms with Crippen molar-refractivity contribution in [3.05, 3.63) is 47.6 Å². The second kappa shape index (κ2) is 9.29. The molecule has 0 radical (unpaired) electrons. The highest BCUT2D eigenvalue weighted by atomic mass is 35.5. The Bertz CT molecular complexity index is 722. The van der Waals surface area contributed by atoms with Gasteiger partial charge in [0.1, 0.15) is 11.6 Å². The van der Waals surface area contributed by atoms with Gasteiger partial charge >= 0.3 is 5.97 Å². The van der Waals surface area contributed by atoms with Crippen LogP contribution in [0.4, 0.5) is 5.82 Å². The lowest BCUT2D eigenvalue weighted by Gasteiger charge is -2.13. The maximum atomic E-state index is 12.0. The van der Waals surface area contributed by atoms with Gasteiger partial charge in [-0.25, -0.2) is 4.98 Å². The molecule has 0 saturated carbocycles. The van der Waals surface area contributed by atoms with Crippen LogP contribution in [0.5, 0.6) is 5.75 Å². The number of nitrogens with one attached hydrogen (secondary N) is 1. The van der Waals surface area contributed by atoms with Gasteiger partial charge in [0.15, 0.2) is 6.10 Å². The van der Waals surface area contributed by atoms with Gasteiger partial charge < -0.3 is 14.8 Å². The molecule has 1 amide bonds. The number of ether oxygens (including phenoxy) is 2. The lowest BCUT2D eigenvalue weighted by Crippen LogP contribution is -2.30. The van der Waals surface area contributed by atoms with E-state index < -0.39 is 18.0 Å². The number of thioether (sulfide) groups is 1. The van der Waals surface area contributed by atoms with E-state index in [9.17, 15) is 9.59 Å². The molecule has 6 nitrogen and oxygen atoms in total. The van der Waals surface area contributed by atoms with Crippen LogP contribution in [0.3, 0.4) is 0 Å². The van der Waals surface area contributed by atoms with E-state index >= 15 is 0 Å². The van der Waals surface area contributed by atoms with E-state index in [0.717, 1.165) is 10.6 Å². The van der Waals surface area contributed by atoms with E-state index in [-0.39, 0.29) is 5.75 Å². The highest BCUT2D eigenvalue weighted by Crippen LogP contribution is 2.21. The second-order valence-electron chi connectivity index (χ2n) is 4.95. The van der Waals surface area contributed by atoms with E-state index in [1.54, 1.807) is 19.2 Å². The van der Waals surface area contributed by atoms with Crippen molar-refractivity contribution in [2.45, 2.75) is 17.9 Å². The number of anilines is 1. The first kappa shape index (κ1) is 19.1. The summed E-state index contributed by atoms with van der Waals surface area (Å²) in [6, 6.07) is 10.5. The van der Waals surface area contributed by atoms with Crippen LogP contribution in [0.15, 0.2) is 47.5 Å². The van der Waals surface area contributed by atoms with Crippen molar-refractivity contribution < 1.29 is 19.1 Å². The lowest BCUT2D eigenvalue weighted by molar-refractivity contribution is -0.150. The van der Waals surface area contributed by atoms with Crippen LogP contribution in [0.2, 0.25) is 5.02 Å². The molecular formula is C17H17ClN2O4S. The van der Waals surface area contributed by atoms with Crippen LogP contribution in [0, 0.1) is 0 Å². The molecule has 132 valence electrons. The maximum absolute atomic E-state index is 12.0. The number of aromatic nitrogens is 1. The first-order chi connectivity index (χ1) is 12.0. The number of hydrogen-bond donors (Lipinski definition) is 1. The Morgan fingerprint density at radius 2 is 1.96 bits per heavy atom. The number of nitrogens with zero attached hydrogens (tertiary/aromatic N) is 1. The topological polar surface area (TPSA) is 77.5 Å². The summed E-state index contributed by atoms with van der Waals surface area (Å²) >= 11 is 7.05. The first-order valence-corrected chi connectivity index (χ1v) is 8.73. The zero-order valence-electron chi connectivity index (χ0n) is 13.7. The number of pyridine rings is 1. The molecular weight excluding hydrogens is 364 g/mol. The van der Waals surface area contributed by atoms with Gasteiger partial charge in [0.05, 0.1) is 17.9 Å². The predicted molar refractivity (Wildman–Crippen MR) is 97.1 cm³/mol. The van der Waals surface area contributed by atoms with Gasteiger partial charge in [0.2, 0.25) is 0 Å². The number of carbonyl (C=O) groups is 2. The number of halogens is 1. The van der Waals surface area contributed by atoms with Gasteiger partial charge in [-0.2, -0.15) is 0 Å². The lowest BCUT2D eigenvalue weighted by atomic mass is 10.3. The molecule has 0 bridgehead atoms. The average Bonchev–Trinajstić information content (AvgIpc) is 2.62. The van der Waals surface area contributed by atoms with Crippen molar-refractivity contribution in [3.63, 3.8) is 0 Å². The number of methoxy groups -OCH3 is 1. The number of benzene rings is 1. The molecule has 8 heteroatoms. The van der Waals surface area contributed by atoms with Crippen molar-refractivity contribution in [2.75, 3.05) is 18.2 Å². The largest absolute Gasteiger partial charge is 0.497 e. The summed E-state index contributed by atoms with van der Waals surface area (Å²) in [7, 11) is 1.59. The standard InChI is InChI=1S/C17H17ClN2O4S/c1-11(17(22)20-15-8-3-12(18)9-19-15)24-16(21)10-25-14-6-4-13(23-2)5-7-14/h3-9,11H,10H2,1-2H3,(H,19,20,22)/t11-/m1/s1. The van der Waals surface area contributed by atoms with Crippen LogP contribution < -0.4 is 10.1 Å². The highest BCUT2D eigenvalue weighted by Gasteiger charge is 2.18. The fraction of sp³-hybridized carbons (Fsp3) is 0.235. The molecule has 1 heterocycles. The number of rotatable bonds is 7. The SMILES string of the molecule is COc1ccc(SCC(=O)O[C@H](C)C(=O)Nc2ccc(Cl)cn2)cc1. The maximum Gasteiger partial charge on any atom is 0.317 e. The van der Waals surface area contributed by atoms with Gasteiger partial charge in [0, 0.05) is 11.1 Å². The number of hydrogen-bond acceptors (Lipinski definition) is 6. The van der Waals surface area contributed by atoms with Gasteiger partial charge in [-0.05, 0) is 43.3 Å². The van der Waals surface area contributed by atoms with E-state index in [4.69, 9.17) is 21.1 Å². The van der Waals surface area contributed by atoms with E-state index in [1.807, 2.05) is 24.3 Å². The minimum atomic E-state index is -0.929. The molecule has 1 N–H and O–H groups in total. The molecule has 0 fully saturated rings. The third-order valence-corrected chi connectivity index (χ3v) is 4.28. The molecule has 0 saturated heterocycles. The molecule has 2 aromatic rings. The van der Waals surface area contributed by atoms with Crippen LogP contribution >= 0.6 is 23.4 Å². The van der Waals surface area contributed by atoms with Crippen molar-refractivity contribution in [3.8, 4) is 5.75 Å². The normalized spacial score (nSPS) is 11.5. The summed E-state index contributed by atoms with van der Waals surface area (Å²) in [5, 5.41) is 3.02. The van der Waals surface area contributed by atoms with Gasteiger partial charge in [-0.15, -0.1) is 11.8 Å². The van der Waals surface area contributed by atoms with Crippen molar-refractivity contribution in [1.82, 2.24) is 4.98 Å². The molecule has 0 aliphatic rings. The Hall–Kier alpha value is -2.25. The number of amides is 1. The van der Waals surface area contributed by atoms with Crippen LogP contribution in [0.25, 0.3) is 0 Å². The molecule has 0 aliphatic carbocycles. The smallest absolute Gasteiger partial charge is 0.317 e. The van der Waals surface area contributed by atoms with Gasteiger partial charge in [-0.3, -0.25) is 9.59 Å². The Morgan fingerprint density at radius 3 is 2.56 bits per heavy atom. The van der Waals surface area contributed by atoms with Gasteiger partial charge in [0.25, 0.3) is 5.91 Å². The highest BCUT2D eigenvalue weighted by molar-refractivity contribution is 8.00. The Morgan fingerprint density at radius 1 is 1.24 bits per heavy atom. The van der Waals surface area contributed by atoms with Crippen molar-refractivity contribution in [1.29, 1.82) is 0 Å². The van der Waals surface area contributed by atoms with E-state index in [1.165, 1.54) is 24.9 Å². The molecule has 2 rings (SSSR count). The molecule has 1 aromatic heterocycles. The fourth-order valence-corrected chi connectivity index (χ4v) is 2.57. The van der Waals surface area contributed by atoms with Crippen molar-refractivity contribution in [2.24, 2.45) is 0 Å². The fourth-order valence-electron chi connectivity index (χ4n) is 1.78. The summed E-state index contributed by atoms with van der Waals surface area (Å²) in [5.41, 5.74) is 0. The third kappa shape index (κ3) is 6.28. The summed E-state index contributed by atoms with van der Waals surface area (Å²) in [4.78, 5) is 28.7. The van der Waals surface area contributed by atoms with Crippen LogP contribution in [0.1, 0.15) is 6.92 Å². The number of carbonyl (C=O) groups excluding carboxylic acids is 2. The van der Waals surface area contributed by atoms with Crippen molar-refractivity contribution >= 4 is 41.1 Å². The molecule has 1 aromatic carbocycles. The Labute approximate surface area is 154 Å². The summed E-state index contributed by atoms with van der Waals surface area (Å²) < 4.78 is 10.2. The minimum Gasteiger partial charge on any atom is -0.497 e. The monoisotopic (exact) mass is 380 g/mol. The second-order valence-corrected chi connectivity index (χ2v) is 6.43. The Kier molecular flexibility index (Phi) is 7.09. The third-order valence-electron chi connectivity index (χ3n) is 3.07. The number of esters is 1. The Balaban J connectivity index is 1.78. The quantitative estimate of drug-likeness (QED) is 0.586. The average molecular weight is 381 g/mol. The molecule has 0 spiro atoms. The molecule has 1 atom stereocenters. The predicted octanol–water partition coefficient (Wildman–Crippen LogP) is 3.41. The van der Waals surface area contributed by atoms with E-state index in [2.05, 4.69) is 10.3 Å². The van der Waals surface area contributed by atoms with E-state index in [0.29, 0.717) is 10.8 Å². The molecule has 25 heavy (non-hydrogen) atoms. The summed E-state index contributed by atoms with van der Waals surface area (Å²) in [6.45, 7) is 1.50.